The minimum atomic E-state index is -4.39. The highest BCUT2D eigenvalue weighted by Gasteiger charge is 2.31. The van der Waals surface area contributed by atoms with Gasteiger partial charge in [0.15, 0.2) is 5.69 Å². The molecule has 0 spiro atoms. The maximum absolute atomic E-state index is 12.6. The van der Waals surface area contributed by atoms with E-state index in [0.29, 0.717) is 30.4 Å². The number of aryl methyl sites for hydroxylation is 1. The Balaban J connectivity index is 1.34. The van der Waals surface area contributed by atoms with E-state index in [-0.39, 0.29) is 30.8 Å². The van der Waals surface area contributed by atoms with Crippen LogP contribution in [0.15, 0.2) is 24.3 Å². The first-order valence-corrected chi connectivity index (χ1v) is 9.76. The van der Waals surface area contributed by atoms with Crippen LogP contribution in [0.3, 0.4) is 0 Å². The third kappa shape index (κ3) is 4.99. The fourth-order valence-corrected chi connectivity index (χ4v) is 3.57. The lowest BCUT2D eigenvalue weighted by atomic mass is 10.0. The first kappa shape index (κ1) is 20.8. The Hall–Kier alpha value is -2.46. The summed E-state index contributed by atoms with van der Waals surface area (Å²) < 4.78 is 54.4. The van der Waals surface area contributed by atoms with Crippen LogP contribution in [-0.2, 0) is 17.7 Å². The Morgan fingerprint density at radius 1 is 1.30 bits per heavy atom. The second-order valence-electron chi connectivity index (χ2n) is 7.18. The summed E-state index contributed by atoms with van der Waals surface area (Å²) in [6.07, 6.45) is -4.22. The van der Waals surface area contributed by atoms with Gasteiger partial charge in [0.1, 0.15) is 25.6 Å². The lowest BCUT2D eigenvalue weighted by molar-refractivity contribution is -0.188. The van der Waals surface area contributed by atoms with Gasteiger partial charge in [-0.25, -0.2) is 4.68 Å². The number of rotatable bonds is 4. The molecule has 1 aromatic carbocycles. The van der Waals surface area contributed by atoms with Crippen molar-refractivity contribution in [1.82, 2.24) is 15.1 Å². The second-order valence-corrected chi connectivity index (χ2v) is 7.61. The molecule has 0 radical (unpaired) electrons. The zero-order valence-electron chi connectivity index (χ0n) is 15.7. The Bertz CT molecular complexity index is 909. The molecule has 1 aromatic heterocycles. The maximum atomic E-state index is 12.6. The number of amides is 1. The monoisotopic (exact) mass is 445 g/mol. The summed E-state index contributed by atoms with van der Waals surface area (Å²) in [5, 5.41) is 7.69. The molecular formula is C19H19ClF3N3O4. The minimum absolute atomic E-state index is 0.0448. The molecule has 0 aliphatic carbocycles. The van der Waals surface area contributed by atoms with Crippen LogP contribution < -0.4 is 14.8 Å². The van der Waals surface area contributed by atoms with E-state index in [4.69, 9.17) is 25.8 Å². The highest BCUT2D eigenvalue weighted by Crippen LogP contribution is 2.28. The number of halogens is 4. The third-order valence-corrected chi connectivity index (χ3v) is 5.04. The molecule has 4 rings (SSSR count). The Morgan fingerprint density at radius 2 is 2.13 bits per heavy atom. The molecule has 0 saturated heterocycles. The van der Waals surface area contributed by atoms with E-state index in [1.54, 1.807) is 18.2 Å². The van der Waals surface area contributed by atoms with E-state index in [1.165, 1.54) is 10.7 Å². The van der Waals surface area contributed by atoms with Crippen molar-refractivity contribution in [2.75, 3.05) is 19.8 Å². The van der Waals surface area contributed by atoms with Crippen LogP contribution in [0.5, 0.6) is 11.6 Å². The van der Waals surface area contributed by atoms with Gasteiger partial charge in [-0.3, -0.25) is 4.79 Å². The van der Waals surface area contributed by atoms with E-state index in [9.17, 15) is 18.0 Å². The van der Waals surface area contributed by atoms with Crippen molar-refractivity contribution in [3.63, 3.8) is 0 Å². The van der Waals surface area contributed by atoms with Gasteiger partial charge in [0.2, 0.25) is 5.88 Å². The highest BCUT2D eigenvalue weighted by atomic mass is 35.5. The maximum Gasteiger partial charge on any atom is 0.411 e. The van der Waals surface area contributed by atoms with Gasteiger partial charge in [-0.1, -0.05) is 11.6 Å². The molecule has 2 aromatic rings. The van der Waals surface area contributed by atoms with Crippen molar-refractivity contribution in [3.05, 3.63) is 40.5 Å². The molecular weight excluding hydrogens is 427 g/mol. The van der Waals surface area contributed by atoms with Crippen LogP contribution in [0.1, 0.15) is 22.5 Å². The predicted octanol–water partition coefficient (Wildman–Crippen LogP) is 3.00. The van der Waals surface area contributed by atoms with Gasteiger partial charge in [-0.2, -0.15) is 18.3 Å². The molecule has 2 aliphatic heterocycles. The smallest absolute Gasteiger partial charge is 0.411 e. The predicted molar refractivity (Wildman–Crippen MR) is 100 cm³/mol. The van der Waals surface area contributed by atoms with Crippen LogP contribution in [0, 0.1) is 0 Å². The molecule has 0 bridgehead atoms. The lowest BCUT2D eigenvalue weighted by Crippen LogP contribution is -2.42. The number of aromatic nitrogens is 2. The van der Waals surface area contributed by atoms with E-state index >= 15 is 0 Å². The normalized spacial score (nSPS) is 20.9. The van der Waals surface area contributed by atoms with Gasteiger partial charge in [-0.15, -0.1) is 0 Å². The Morgan fingerprint density at radius 3 is 2.93 bits per heavy atom. The van der Waals surface area contributed by atoms with E-state index < -0.39 is 18.9 Å². The van der Waals surface area contributed by atoms with Gasteiger partial charge >= 0.3 is 6.18 Å². The Kier molecular flexibility index (Phi) is 5.79. The van der Waals surface area contributed by atoms with Gasteiger partial charge in [0.05, 0.1) is 12.1 Å². The quantitative estimate of drug-likeness (QED) is 0.783. The topological polar surface area (TPSA) is 74.6 Å². The fraction of sp³-hybridized carbons (Fsp3) is 0.474. The number of carbonyl (C=O) groups is 1. The molecule has 30 heavy (non-hydrogen) atoms. The van der Waals surface area contributed by atoms with Gasteiger partial charge in [0, 0.05) is 17.6 Å². The number of ether oxygens (including phenoxy) is 3. The molecule has 2 unspecified atom stereocenters. The average Bonchev–Trinajstić information content (AvgIpc) is 3.00. The number of benzene rings is 1. The number of fused-ring (bicyclic) bond motifs is 2. The summed E-state index contributed by atoms with van der Waals surface area (Å²) >= 11 is 6.02. The van der Waals surface area contributed by atoms with Gasteiger partial charge in [-0.05, 0) is 36.6 Å². The minimum Gasteiger partial charge on any atom is -0.491 e. The number of hydrogen-bond donors (Lipinski definition) is 1. The average molecular weight is 446 g/mol. The SMILES string of the molecule is O=C(NC1COc2ccc(Cl)cc2C1)c1cc2n(n1)CCC(OCC(F)(F)F)CO2. The van der Waals surface area contributed by atoms with Crippen LogP contribution >= 0.6 is 11.6 Å². The molecule has 2 aliphatic rings. The van der Waals surface area contributed by atoms with Crippen molar-refractivity contribution in [3.8, 4) is 11.6 Å². The summed E-state index contributed by atoms with van der Waals surface area (Å²) in [6.45, 7) is -0.766. The molecule has 2 atom stereocenters. The number of hydrogen-bond acceptors (Lipinski definition) is 5. The third-order valence-electron chi connectivity index (χ3n) is 4.80. The number of nitrogens with one attached hydrogen (secondary N) is 1. The van der Waals surface area contributed by atoms with Crippen LogP contribution in [0.2, 0.25) is 5.02 Å². The van der Waals surface area contributed by atoms with Crippen LogP contribution in [0.4, 0.5) is 13.2 Å². The van der Waals surface area contributed by atoms with Crippen molar-refractivity contribution in [2.45, 2.75) is 37.7 Å². The zero-order chi connectivity index (χ0) is 21.3. The molecule has 1 N–H and O–H groups in total. The fourth-order valence-electron chi connectivity index (χ4n) is 3.37. The molecule has 1 amide bonds. The van der Waals surface area contributed by atoms with Crippen molar-refractivity contribution < 1.29 is 32.2 Å². The molecule has 11 heteroatoms. The summed E-state index contributed by atoms with van der Waals surface area (Å²) in [6, 6.07) is 6.57. The zero-order valence-corrected chi connectivity index (χ0v) is 16.5. The molecule has 162 valence electrons. The van der Waals surface area contributed by atoms with Crippen LogP contribution in [0.25, 0.3) is 0 Å². The molecule has 0 saturated carbocycles. The first-order valence-electron chi connectivity index (χ1n) is 9.38. The highest BCUT2D eigenvalue weighted by molar-refractivity contribution is 6.30. The largest absolute Gasteiger partial charge is 0.491 e. The van der Waals surface area contributed by atoms with Gasteiger partial charge in [0.25, 0.3) is 5.91 Å². The van der Waals surface area contributed by atoms with Gasteiger partial charge < -0.3 is 19.5 Å². The summed E-state index contributed by atoms with van der Waals surface area (Å²) in [7, 11) is 0. The number of alkyl halides is 3. The molecule has 7 nitrogen and oxygen atoms in total. The first-order chi connectivity index (χ1) is 14.3. The van der Waals surface area contributed by atoms with E-state index in [1.807, 2.05) is 0 Å². The summed E-state index contributed by atoms with van der Waals surface area (Å²) in [5.74, 6) is 0.674. The lowest BCUT2D eigenvalue weighted by Gasteiger charge is -2.26. The van der Waals surface area contributed by atoms with Crippen molar-refractivity contribution in [2.24, 2.45) is 0 Å². The van der Waals surface area contributed by atoms with E-state index in [2.05, 4.69) is 10.4 Å². The Labute approximate surface area is 175 Å². The summed E-state index contributed by atoms with van der Waals surface area (Å²) in [5.41, 5.74) is 1.07. The second kappa shape index (κ2) is 8.35. The standard InChI is InChI=1S/C19H19ClF3N3O4/c20-12-1-2-16-11(5-12)6-13(8-28-16)24-18(27)15-7-17-26(25-15)4-3-14(9-29-17)30-10-19(21,22)23/h1-2,5,7,13-14H,3-4,6,8-10H2,(H,24,27). The number of nitrogens with zero attached hydrogens (tertiary/aromatic N) is 2. The van der Waals surface area contributed by atoms with Crippen LogP contribution in [-0.4, -0.2) is 53.8 Å². The number of carbonyl (C=O) groups excluding carboxylic acids is 1. The van der Waals surface area contributed by atoms with Crippen molar-refractivity contribution >= 4 is 17.5 Å². The van der Waals surface area contributed by atoms with Crippen molar-refractivity contribution in [1.29, 1.82) is 0 Å². The molecule has 3 heterocycles. The van der Waals surface area contributed by atoms with E-state index in [0.717, 1.165) is 11.3 Å². The molecule has 0 fully saturated rings. The summed E-state index contributed by atoms with van der Waals surface area (Å²) in [4.78, 5) is 12.6.